The van der Waals surface area contributed by atoms with Crippen molar-refractivity contribution in [3.05, 3.63) is 28.8 Å². The number of halogens is 1. The Balaban J connectivity index is 2.92. The molecule has 2 nitrogen and oxygen atoms in total. The Morgan fingerprint density at radius 3 is 2.11 bits per heavy atom. The summed E-state index contributed by atoms with van der Waals surface area (Å²) < 4.78 is 0. The van der Waals surface area contributed by atoms with E-state index in [9.17, 15) is 0 Å². The Bertz CT molecular complexity index is 378. The van der Waals surface area contributed by atoms with Crippen molar-refractivity contribution >= 4 is 17.3 Å². The summed E-state index contributed by atoms with van der Waals surface area (Å²) in [5, 5.41) is 3.99. The molecule has 1 rings (SSSR count). The second kappa shape index (κ2) is 7.76. The van der Waals surface area contributed by atoms with Crippen LogP contribution in [0, 0.1) is 11.8 Å². The first-order valence-electron chi connectivity index (χ1n) is 7.12. The fourth-order valence-corrected chi connectivity index (χ4v) is 2.48. The first kappa shape index (κ1) is 16.3. The number of hydrogen-bond acceptors (Lipinski definition) is 2. The molecule has 19 heavy (non-hydrogen) atoms. The average molecular weight is 283 g/mol. The SMILES string of the molecule is CNCc1ccc(N(CC(C)C)CC(C)C)cc1Cl. The molecular formula is C16H27ClN2. The van der Waals surface area contributed by atoms with Crippen molar-refractivity contribution in [3.8, 4) is 0 Å². The second-order valence-electron chi connectivity index (χ2n) is 6.00. The van der Waals surface area contributed by atoms with Crippen molar-refractivity contribution in [2.24, 2.45) is 11.8 Å². The largest absolute Gasteiger partial charge is 0.371 e. The van der Waals surface area contributed by atoms with Crippen molar-refractivity contribution < 1.29 is 0 Å². The molecule has 0 spiro atoms. The minimum absolute atomic E-state index is 0.648. The van der Waals surface area contributed by atoms with E-state index >= 15 is 0 Å². The number of benzene rings is 1. The third kappa shape index (κ3) is 5.42. The lowest BCUT2D eigenvalue weighted by Gasteiger charge is -2.29. The number of anilines is 1. The predicted molar refractivity (Wildman–Crippen MR) is 86.1 cm³/mol. The maximum absolute atomic E-state index is 6.36. The van der Waals surface area contributed by atoms with Gasteiger partial charge in [0.05, 0.1) is 0 Å². The van der Waals surface area contributed by atoms with Gasteiger partial charge in [0.2, 0.25) is 0 Å². The zero-order valence-electron chi connectivity index (χ0n) is 12.8. The number of rotatable bonds is 7. The average Bonchev–Trinajstić information content (AvgIpc) is 2.30. The number of nitrogens with one attached hydrogen (secondary N) is 1. The molecule has 3 heteroatoms. The van der Waals surface area contributed by atoms with Crippen LogP contribution in [0.4, 0.5) is 5.69 Å². The van der Waals surface area contributed by atoms with Crippen LogP contribution in [0.15, 0.2) is 18.2 Å². The maximum atomic E-state index is 6.36. The summed E-state index contributed by atoms with van der Waals surface area (Å²) in [6, 6.07) is 6.41. The van der Waals surface area contributed by atoms with E-state index < -0.39 is 0 Å². The summed E-state index contributed by atoms with van der Waals surface area (Å²) >= 11 is 6.36. The lowest BCUT2D eigenvalue weighted by Crippen LogP contribution is -2.31. The predicted octanol–water partition coefficient (Wildman–Crippen LogP) is 4.18. The molecule has 1 aromatic rings. The Labute approximate surface area is 123 Å². The molecule has 0 fully saturated rings. The topological polar surface area (TPSA) is 15.3 Å². The van der Waals surface area contributed by atoms with E-state index in [0.29, 0.717) is 11.8 Å². The molecule has 0 radical (unpaired) electrons. The van der Waals surface area contributed by atoms with Gasteiger partial charge < -0.3 is 10.2 Å². The second-order valence-corrected chi connectivity index (χ2v) is 6.41. The van der Waals surface area contributed by atoms with Crippen LogP contribution in [0.25, 0.3) is 0 Å². The molecule has 0 amide bonds. The molecule has 1 N–H and O–H groups in total. The van der Waals surface area contributed by atoms with Crippen LogP contribution in [-0.4, -0.2) is 20.1 Å². The molecule has 108 valence electrons. The van der Waals surface area contributed by atoms with Crippen LogP contribution in [0.3, 0.4) is 0 Å². The van der Waals surface area contributed by atoms with E-state index in [0.717, 1.165) is 30.2 Å². The van der Waals surface area contributed by atoms with Crippen molar-refractivity contribution in [3.63, 3.8) is 0 Å². The standard InChI is InChI=1S/C16H27ClN2/c1-12(2)10-19(11-13(3)4)15-7-6-14(9-18-5)16(17)8-15/h6-8,12-13,18H,9-11H2,1-5H3. The minimum atomic E-state index is 0.648. The van der Waals surface area contributed by atoms with Crippen molar-refractivity contribution in [2.45, 2.75) is 34.2 Å². The molecule has 0 aliphatic heterocycles. The Morgan fingerprint density at radius 1 is 1.11 bits per heavy atom. The molecule has 0 saturated carbocycles. The van der Waals surface area contributed by atoms with Gasteiger partial charge in [0.1, 0.15) is 0 Å². The first-order chi connectivity index (χ1) is 8.93. The zero-order chi connectivity index (χ0) is 14.4. The van der Waals surface area contributed by atoms with Gasteiger partial charge in [-0.05, 0) is 36.6 Å². The van der Waals surface area contributed by atoms with Crippen LogP contribution < -0.4 is 10.2 Å². The highest BCUT2D eigenvalue weighted by atomic mass is 35.5. The lowest BCUT2D eigenvalue weighted by molar-refractivity contribution is 0.552. The maximum Gasteiger partial charge on any atom is 0.0471 e. The van der Waals surface area contributed by atoms with Crippen molar-refractivity contribution in [1.29, 1.82) is 0 Å². The molecule has 0 saturated heterocycles. The van der Waals surface area contributed by atoms with Gasteiger partial charge in [-0.25, -0.2) is 0 Å². The first-order valence-corrected chi connectivity index (χ1v) is 7.49. The van der Waals surface area contributed by atoms with Crippen LogP contribution >= 0.6 is 11.6 Å². The molecule has 1 aromatic carbocycles. The van der Waals surface area contributed by atoms with E-state index in [1.165, 1.54) is 5.69 Å². The molecule has 0 aliphatic rings. The molecule has 0 aliphatic carbocycles. The molecule has 0 heterocycles. The summed E-state index contributed by atoms with van der Waals surface area (Å²) in [7, 11) is 1.94. The van der Waals surface area contributed by atoms with Gasteiger partial charge in [0.25, 0.3) is 0 Å². The van der Waals surface area contributed by atoms with Gasteiger partial charge in [-0.2, -0.15) is 0 Å². The molecule has 0 atom stereocenters. The molecular weight excluding hydrogens is 256 g/mol. The number of nitrogens with zero attached hydrogens (tertiary/aromatic N) is 1. The minimum Gasteiger partial charge on any atom is -0.371 e. The third-order valence-electron chi connectivity index (χ3n) is 2.94. The lowest BCUT2D eigenvalue weighted by atomic mass is 10.1. The fraction of sp³-hybridized carbons (Fsp3) is 0.625. The van der Waals surface area contributed by atoms with E-state index in [2.05, 4.69) is 56.1 Å². The zero-order valence-corrected chi connectivity index (χ0v) is 13.6. The van der Waals surface area contributed by atoms with Gasteiger partial charge in [0.15, 0.2) is 0 Å². The van der Waals surface area contributed by atoms with Crippen LogP contribution in [0.5, 0.6) is 0 Å². The van der Waals surface area contributed by atoms with Crippen LogP contribution in [0.1, 0.15) is 33.3 Å². The summed E-state index contributed by atoms with van der Waals surface area (Å²) in [5.41, 5.74) is 2.38. The summed E-state index contributed by atoms with van der Waals surface area (Å²) in [4.78, 5) is 2.43. The highest BCUT2D eigenvalue weighted by Gasteiger charge is 2.12. The fourth-order valence-electron chi connectivity index (χ4n) is 2.23. The Kier molecular flexibility index (Phi) is 6.67. The quantitative estimate of drug-likeness (QED) is 0.807. The van der Waals surface area contributed by atoms with E-state index in [1.807, 2.05) is 7.05 Å². The van der Waals surface area contributed by atoms with E-state index in [1.54, 1.807) is 0 Å². The molecule has 0 aromatic heterocycles. The van der Waals surface area contributed by atoms with Gasteiger partial charge in [-0.3, -0.25) is 0 Å². The summed E-state index contributed by atoms with van der Waals surface area (Å²) in [5.74, 6) is 1.30. The Hall–Kier alpha value is -0.730. The molecule has 0 bridgehead atoms. The van der Waals surface area contributed by atoms with Crippen molar-refractivity contribution in [1.82, 2.24) is 5.32 Å². The van der Waals surface area contributed by atoms with Crippen LogP contribution in [0.2, 0.25) is 5.02 Å². The van der Waals surface area contributed by atoms with Crippen LogP contribution in [-0.2, 0) is 6.54 Å². The summed E-state index contributed by atoms with van der Waals surface area (Å²) in [6.07, 6.45) is 0. The highest BCUT2D eigenvalue weighted by molar-refractivity contribution is 6.31. The van der Waals surface area contributed by atoms with E-state index in [-0.39, 0.29) is 0 Å². The number of hydrogen-bond donors (Lipinski definition) is 1. The van der Waals surface area contributed by atoms with Gasteiger partial charge in [-0.15, -0.1) is 0 Å². The monoisotopic (exact) mass is 282 g/mol. The Morgan fingerprint density at radius 2 is 1.68 bits per heavy atom. The summed E-state index contributed by atoms with van der Waals surface area (Å²) in [6.45, 7) is 12.0. The normalized spacial score (nSPS) is 11.4. The molecule has 0 unspecified atom stereocenters. The van der Waals surface area contributed by atoms with Gasteiger partial charge in [0, 0.05) is 30.3 Å². The third-order valence-corrected chi connectivity index (χ3v) is 3.29. The highest BCUT2D eigenvalue weighted by Crippen LogP contribution is 2.25. The van der Waals surface area contributed by atoms with Crippen molar-refractivity contribution in [2.75, 3.05) is 25.0 Å². The van der Waals surface area contributed by atoms with E-state index in [4.69, 9.17) is 11.6 Å². The van der Waals surface area contributed by atoms with Gasteiger partial charge in [-0.1, -0.05) is 45.4 Å². The van der Waals surface area contributed by atoms with Gasteiger partial charge >= 0.3 is 0 Å². The smallest absolute Gasteiger partial charge is 0.0471 e.